The first-order valence-electron chi connectivity index (χ1n) is 5.33. The standard InChI is InChI=1S/C11H19NO3/c1-5-8-6-7-11(2,10(14)15-4)12(3)9(8)13/h8H,5-7H2,1-4H3. The fourth-order valence-corrected chi connectivity index (χ4v) is 2.10. The van der Waals surface area contributed by atoms with E-state index in [1.54, 1.807) is 14.0 Å². The lowest BCUT2D eigenvalue weighted by Gasteiger charge is -2.42. The van der Waals surface area contributed by atoms with Crippen molar-refractivity contribution in [2.75, 3.05) is 14.2 Å². The average Bonchev–Trinajstić information content (AvgIpc) is 2.25. The van der Waals surface area contributed by atoms with Crippen LogP contribution in [0.2, 0.25) is 0 Å². The molecule has 0 saturated carbocycles. The van der Waals surface area contributed by atoms with Gasteiger partial charge in [0.15, 0.2) is 0 Å². The predicted molar refractivity (Wildman–Crippen MR) is 56.2 cm³/mol. The molecule has 0 aromatic rings. The summed E-state index contributed by atoms with van der Waals surface area (Å²) in [7, 11) is 3.04. The molecule has 0 N–H and O–H groups in total. The monoisotopic (exact) mass is 213 g/mol. The number of piperidine rings is 1. The van der Waals surface area contributed by atoms with Crippen molar-refractivity contribution in [2.24, 2.45) is 5.92 Å². The minimum absolute atomic E-state index is 0.0525. The Morgan fingerprint density at radius 3 is 2.73 bits per heavy atom. The number of likely N-dealkylation sites (N-methyl/N-ethyl adjacent to an activating group) is 1. The Bertz CT molecular complexity index is 277. The van der Waals surface area contributed by atoms with Crippen LogP contribution in [0.3, 0.4) is 0 Å². The zero-order chi connectivity index (χ0) is 11.6. The minimum Gasteiger partial charge on any atom is -0.467 e. The molecule has 4 heteroatoms. The van der Waals surface area contributed by atoms with E-state index in [4.69, 9.17) is 4.74 Å². The lowest BCUT2D eigenvalue weighted by atomic mass is 9.82. The van der Waals surface area contributed by atoms with Gasteiger partial charge in [-0.05, 0) is 26.2 Å². The van der Waals surface area contributed by atoms with Gasteiger partial charge in [-0.3, -0.25) is 4.79 Å². The second-order valence-corrected chi connectivity index (χ2v) is 4.31. The van der Waals surface area contributed by atoms with Crippen LogP contribution in [0.25, 0.3) is 0 Å². The molecule has 1 fully saturated rings. The lowest BCUT2D eigenvalue weighted by Crippen LogP contribution is -2.58. The van der Waals surface area contributed by atoms with Crippen LogP contribution in [0, 0.1) is 5.92 Å². The summed E-state index contributed by atoms with van der Waals surface area (Å²) in [6, 6.07) is 0. The van der Waals surface area contributed by atoms with E-state index >= 15 is 0 Å². The van der Waals surface area contributed by atoms with Crippen LogP contribution in [0.1, 0.15) is 33.1 Å². The van der Waals surface area contributed by atoms with Gasteiger partial charge in [0, 0.05) is 13.0 Å². The van der Waals surface area contributed by atoms with Crippen molar-refractivity contribution in [3.05, 3.63) is 0 Å². The molecule has 4 nitrogen and oxygen atoms in total. The third-order valence-corrected chi connectivity index (χ3v) is 3.52. The summed E-state index contributed by atoms with van der Waals surface area (Å²) in [5.41, 5.74) is -0.780. The van der Waals surface area contributed by atoms with E-state index in [9.17, 15) is 9.59 Å². The van der Waals surface area contributed by atoms with Crippen molar-refractivity contribution >= 4 is 11.9 Å². The Kier molecular flexibility index (Phi) is 3.37. The molecule has 1 saturated heterocycles. The molecule has 0 aliphatic carbocycles. The number of hydrogen-bond acceptors (Lipinski definition) is 3. The molecule has 15 heavy (non-hydrogen) atoms. The zero-order valence-electron chi connectivity index (χ0n) is 9.87. The largest absolute Gasteiger partial charge is 0.467 e. The van der Waals surface area contributed by atoms with Crippen molar-refractivity contribution in [3.8, 4) is 0 Å². The maximum atomic E-state index is 11.9. The molecule has 86 valence electrons. The average molecular weight is 213 g/mol. The van der Waals surface area contributed by atoms with Crippen LogP contribution in [0.4, 0.5) is 0 Å². The highest BCUT2D eigenvalue weighted by atomic mass is 16.5. The summed E-state index contributed by atoms with van der Waals surface area (Å²) < 4.78 is 4.75. The molecule has 1 heterocycles. The van der Waals surface area contributed by atoms with E-state index in [-0.39, 0.29) is 17.8 Å². The first-order chi connectivity index (χ1) is 6.97. The van der Waals surface area contributed by atoms with Gasteiger partial charge in [-0.25, -0.2) is 4.79 Å². The summed E-state index contributed by atoms with van der Waals surface area (Å²) in [5.74, 6) is -0.211. The number of likely N-dealkylation sites (tertiary alicyclic amines) is 1. The first-order valence-corrected chi connectivity index (χ1v) is 5.33. The Hall–Kier alpha value is -1.06. The van der Waals surface area contributed by atoms with Crippen LogP contribution in [-0.2, 0) is 14.3 Å². The van der Waals surface area contributed by atoms with Gasteiger partial charge in [-0.1, -0.05) is 6.92 Å². The van der Waals surface area contributed by atoms with Crippen LogP contribution < -0.4 is 0 Å². The van der Waals surface area contributed by atoms with E-state index in [0.717, 1.165) is 12.8 Å². The molecular formula is C11H19NO3. The van der Waals surface area contributed by atoms with E-state index < -0.39 is 5.54 Å². The van der Waals surface area contributed by atoms with Crippen LogP contribution in [0.5, 0.6) is 0 Å². The van der Waals surface area contributed by atoms with Crippen molar-refractivity contribution in [2.45, 2.75) is 38.6 Å². The van der Waals surface area contributed by atoms with Gasteiger partial charge in [0.25, 0.3) is 0 Å². The molecular weight excluding hydrogens is 194 g/mol. The molecule has 0 bridgehead atoms. The maximum Gasteiger partial charge on any atom is 0.331 e. The second-order valence-electron chi connectivity index (χ2n) is 4.31. The molecule has 1 amide bonds. The lowest BCUT2D eigenvalue weighted by molar-refractivity contribution is -0.165. The van der Waals surface area contributed by atoms with Gasteiger partial charge >= 0.3 is 5.97 Å². The maximum absolute atomic E-state index is 11.9. The van der Waals surface area contributed by atoms with Crippen LogP contribution >= 0.6 is 0 Å². The van der Waals surface area contributed by atoms with E-state index in [1.165, 1.54) is 12.0 Å². The third-order valence-electron chi connectivity index (χ3n) is 3.52. The number of esters is 1. The van der Waals surface area contributed by atoms with Gasteiger partial charge < -0.3 is 9.64 Å². The molecule has 0 spiro atoms. The van der Waals surface area contributed by atoms with Gasteiger partial charge in [0.1, 0.15) is 5.54 Å². The van der Waals surface area contributed by atoms with Crippen LogP contribution in [0.15, 0.2) is 0 Å². The molecule has 2 atom stereocenters. The van der Waals surface area contributed by atoms with E-state index in [1.807, 2.05) is 6.92 Å². The van der Waals surface area contributed by atoms with Crippen molar-refractivity contribution in [3.63, 3.8) is 0 Å². The number of hydrogen-bond donors (Lipinski definition) is 0. The number of amides is 1. The predicted octanol–water partition coefficient (Wildman–Crippen LogP) is 1.20. The minimum atomic E-state index is -0.780. The number of methoxy groups -OCH3 is 1. The Morgan fingerprint density at radius 1 is 1.67 bits per heavy atom. The fraction of sp³-hybridized carbons (Fsp3) is 0.818. The number of carbonyl (C=O) groups excluding carboxylic acids is 2. The zero-order valence-corrected chi connectivity index (χ0v) is 9.87. The molecule has 2 unspecified atom stereocenters. The van der Waals surface area contributed by atoms with E-state index in [0.29, 0.717) is 6.42 Å². The Labute approximate surface area is 90.6 Å². The van der Waals surface area contributed by atoms with Crippen LogP contribution in [-0.4, -0.2) is 36.5 Å². The summed E-state index contributed by atoms with van der Waals surface area (Å²) in [4.78, 5) is 25.1. The second kappa shape index (κ2) is 4.21. The highest BCUT2D eigenvalue weighted by Crippen LogP contribution is 2.32. The van der Waals surface area contributed by atoms with Gasteiger partial charge in [-0.15, -0.1) is 0 Å². The van der Waals surface area contributed by atoms with Gasteiger partial charge in [0.2, 0.25) is 5.91 Å². The fourth-order valence-electron chi connectivity index (χ4n) is 2.10. The quantitative estimate of drug-likeness (QED) is 0.647. The van der Waals surface area contributed by atoms with Crippen molar-refractivity contribution in [1.82, 2.24) is 4.90 Å². The molecule has 1 rings (SSSR count). The SMILES string of the molecule is CCC1CCC(C)(C(=O)OC)N(C)C1=O. The van der Waals surface area contributed by atoms with Crippen molar-refractivity contribution in [1.29, 1.82) is 0 Å². The highest BCUT2D eigenvalue weighted by Gasteiger charge is 2.46. The molecule has 0 aromatic heterocycles. The summed E-state index contributed by atoms with van der Waals surface area (Å²) in [6.45, 7) is 3.76. The van der Waals surface area contributed by atoms with Gasteiger partial charge in [-0.2, -0.15) is 0 Å². The molecule has 0 aromatic carbocycles. The normalized spacial score (nSPS) is 31.6. The third kappa shape index (κ3) is 1.85. The van der Waals surface area contributed by atoms with E-state index in [2.05, 4.69) is 0 Å². The topological polar surface area (TPSA) is 46.6 Å². The first kappa shape index (κ1) is 12.0. The molecule has 0 radical (unpaired) electrons. The summed E-state index contributed by atoms with van der Waals surface area (Å²) in [5, 5.41) is 0. The molecule has 1 aliphatic rings. The number of carbonyl (C=O) groups is 2. The Morgan fingerprint density at radius 2 is 2.27 bits per heavy atom. The number of ether oxygens (including phenoxy) is 1. The number of rotatable bonds is 2. The van der Waals surface area contributed by atoms with Crippen molar-refractivity contribution < 1.29 is 14.3 Å². The smallest absolute Gasteiger partial charge is 0.331 e. The Balaban J connectivity index is 2.88. The summed E-state index contributed by atoms with van der Waals surface area (Å²) >= 11 is 0. The number of nitrogens with zero attached hydrogens (tertiary/aromatic N) is 1. The highest BCUT2D eigenvalue weighted by molar-refractivity contribution is 5.89. The molecule has 1 aliphatic heterocycles. The summed E-state index contributed by atoms with van der Waals surface area (Å²) in [6.07, 6.45) is 2.28. The van der Waals surface area contributed by atoms with Gasteiger partial charge in [0.05, 0.1) is 7.11 Å².